The van der Waals surface area contributed by atoms with Crippen LogP contribution in [0.1, 0.15) is 10.4 Å². The molecule has 0 spiro atoms. The summed E-state index contributed by atoms with van der Waals surface area (Å²) in [4.78, 5) is 15.9. The molecule has 0 fully saturated rings. The molecule has 8 heteroatoms. The number of hydrogen-bond donors (Lipinski definition) is 1. The first-order valence-electron chi connectivity index (χ1n) is 5.81. The van der Waals surface area contributed by atoms with Crippen molar-refractivity contribution in [3.63, 3.8) is 0 Å². The quantitative estimate of drug-likeness (QED) is 0.692. The van der Waals surface area contributed by atoms with Crippen LogP contribution < -0.4 is 5.32 Å². The maximum atomic E-state index is 12.8. The molecule has 0 saturated carbocycles. The van der Waals surface area contributed by atoms with E-state index in [2.05, 4.69) is 4.98 Å². The lowest BCUT2D eigenvalue weighted by atomic mass is 10.1. The number of para-hydroxylation sites is 1. The van der Waals surface area contributed by atoms with Crippen LogP contribution in [0.15, 0.2) is 30.3 Å². The van der Waals surface area contributed by atoms with Crippen LogP contribution in [0.3, 0.4) is 0 Å². The lowest BCUT2D eigenvalue weighted by Gasteiger charge is -2.16. The van der Waals surface area contributed by atoms with Crippen molar-refractivity contribution < 1.29 is 22.4 Å². The van der Waals surface area contributed by atoms with Gasteiger partial charge in [0.25, 0.3) is 5.91 Å². The number of hydrogen-bond acceptors (Lipinski definition) is 2. The van der Waals surface area contributed by atoms with Crippen molar-refractivity contribution in [3.8, 4) is 0 Å². The Kier molecular flexibility index (Phi) is 4.32. The fourth-order valence-electron chi connectivity index (χ4n) is 1.70. The Balaban J connectivity index is 2.28. The van der Waals surface area contributed by atoms with Crippen molar-refractivity contribution in [2.45, 2.75) is 12.3 Å². The van der Waals surface area contributed by atoms with Gasteiger partial charge in [-0.25, -0.2) is 13.8 Å². The summed E-state index contributed by atoms with van der Waals surface area (Å²) < 4.78 is 49.7. The van der Waals surface area contributed by atoms with E-state index in [0.29, 0.717) is 10.9 Å². The molecule has 0 aliphatic rings. The molecule has 3 nitrogen and oxygen atoms in total. The van der Waals surface area contributed by atoms with Gasteiger partial charge in [0.05, 0.1) is 17.6 Å². The van der Waals surface area contributed by atoms with Gasteiger partial charge in [-0.3, -0.25) is 4.79 Å². The first-order valence-corrected chi connectivity index (χ1v) is 6.18. The van der Waals surface area contributed by atoms with Gasteiger partial charge in [-0.15, -0.1) is 0 Å². The van der Waals surface area contributed by atoms with E-state index in [9.17, 15) is 22.4 Å². The third kappa shape index (κ3) is 3.41. The van der Waals surface area contributed by atoms with E-state index in [1.165, 1.54) is 6.07 Å². The molecule has 1 N–H and O–H groups in total. The molecule has 2 aromatic rings. The highest BCUT2D eigenvalue weighted by atomic mass is 35.5. The van der Waals surface area contributed by atoms with Crippen LogP contribution in [0.4, 0.5) is 17.6 Å². The van der Waals surface area contributed by atoms with E-state index in [4.69, 9.17) is 11.6 Å². The average molecular weight is 321 g/mol. The van der Waals surface area contributed by atoms with Crippen LogP contribution in [0.25, 0.3) is 10.9 Å². The van der Waals surface area contributed by atoms with Crippen molar-refractivity contribution in [1.82, 2.24) is 10.3 Å². The highest BCUT2D eigenvalue weighted by Gasteiger charge is 2.40. The molecule has 21 heavy (non-hydrogen) atoms. The second kappa shape index (κ2) is 5.85. The number of carbonyl (C=O) groups excluding carboxylic acids is 1. The summed E-state index contributed by atoms with van der Waals surface area (Å²) in [6.45, 7) is -1.46. The number of alkyl halides is 4. The Labute approximate surface area is 121 Å². The molecule has 0 bridgehead atoms. The molecular formula is C13H9ClF4N2O. The maximum absolute atomic E-state index is 12.8. The predicted octanol–water partition coefficient (Wildman–Crippen LogP) is 3.52. The molecule has 0 saturated heterocycles. The Hall–Kier alpha value is -1.89. The molecule has 0 unspecified atom stereocenters. The SMILES string of the molecule is O=C(NCC(F)(F)C(F)F)c1cc(Cl)nc2ccccc12. The zero-order valence-corrected chi connectivity index (χ0v) is 11.2. The van der Waals surface area contributed by atoms with Crippen LogP contribution in [-0.2, 0) is 0 Å². The van der Waals surface area contributed by atoms with Gasteiger partial charge < -0.3 is 5.32 Å². The minimum Gasteiger partial charge on any atom is -0.346 e. The molecule has 0 aliphatic carbocycles. The largest absolute Gasteiger partial charge is 0.346 e. The molecule has 1 aromatic carbocycles. The van der Waals surface area contributed by atoms with Gasteiger partial charge in [0, 0.05) is 5.39 Å². The first kappa shape index (κ1) is 15.5. The number of carbonyl (C=O) groups is 1. The van der Waals surface area contributed by atoms with Crippen LogP contribution in [0.2, 0.25) is 5.15 Å². The van der Waals surface area contributed by atoms with Crippen molar-refractivity contribution in [2.75, 3.05) is 6.54 Å². The van der Waals surface area contributed by atoms with E-state index >= 15 is 0 Å². The molecule has 1 amide bonds. The topological polar surface area (TPSA) is 42.0 Å². The highest BCUT2D eigenvalue weighted by molar-refractivity contribution is 6.30. The van der Waals surface area contributed by atoms with Crippen LogP contribution in [-0.4, -0.2) is 29.8 Å². The molecule has 2 rings (SSSR count). The lowest BCUT2D eigenvalue weighted by molar-refractivity contribution is -0.123. The van der Waals surface area contributed by atoms with Crippen molar-refractivity contribution in [3.05, 3.63) is 41.0 Å². The molecule has 1 heterocycles. The van der Waals surface area contributed by atoms with Gasteiger partial charge in [-0.2, -0.15) is 8.78 Å². The Morgan fingerprint density at radius 2 is 2.00 bits per heavy atom. The van der Waals surface area contributed by atoms with Crippen molar-refractivity contribution >= 4 is 28.4 Å². The summed E-state index contributed by atoms with van der Waals surface area (Å²) in [5.74, 6) is -5.21. The number of rotatable bonds is 4. The van der Waals surface area contributed by atoms with Crippen LogP contribution in [0, 0.1) is 0 Å². The molecular weight excluding hydrogens is 312 g/mol. The van der Waals surface area contributed by atoms with Crippen LogP contribution in [0.5, 0.6) is 0 Å². The molecule has 0 atom stereocenters. The van der Waals surface area contributed by atoms with E-state index in [1.807, 2.05) is 0 Å². The number of pyridine rings is 1. The Bertz CT molecular complexity index is 678. The summed E-state index contributed by atoms with van der Waals surface area (Å²) in [5, 5.41) is 2.17. The number of aromatic nitrogens is 1. The normalized spacial score (nSPS) is 11.9. The fraction of sp³-hybridized carbons (Fsp3) is 0.231. The minimum atomic E-state index is -4.29. The zero-order chi connectivity index (χ0) is 15.6. The summed E-state index contributed by atoms with van der Waals surface area (Å²) >= 11 is 5.75. The summed E-state index contributed by atoms with van der Waals surface area (Å²) in [6.07, 6.45) is -3.85. The summed E-state index contributed by atoms with van der Waals surface area (Å²) in [6, 6.07) is 7.63. The number of nitrogens with zero attached hydrogens (tertiary/aromatic N) is 1. The second-order valence-electron chi connectivity index (χ2n) is 4.25. The van der Waals surface area contributed by atoms with Crippen molar-refractivity contribution in [1.29, 1.82) is 0 Å². The lowest BCUT2D eigenvalue weighted by Crippen LogP contribution is -2.41. The monoisotopic (exact) mass is 320 g/mol. The number of fused-ring (bicyclic) bond motifs is 1. The first-order chi connectivity index (χ1) is 9.81. The van der Waals surface area contributed by atoms with Gasteiger partial charge in [0.15, 0.2) is 0 Å². The molecule has 1 aromatic heterocycles. The van der Waals surface area contributed by atoms with E-state index in [-0.39, 0.29) is 10.7 Å². The van der Waals surface area contributed by atoms with Gasteiger partial charge in [-0.1, -0.05) is 29.8 Å². The van der Waals surface area contributed by atoms with E-state index in [0.717, 1.165) is 0 Å². The highest BCUT2D eigenvalue weighted by Crippen LogP contribution is 2.23. The zero-order valence-electron chi connectivity index (χ0n) is 10.4. The summed E-state index contributed by atoms with van der Waals surface area (Å²) in [5.41, 5.74) is 0.395. The third-order valence-electron chi connectivity index (χ3n) is 2.73. The average Bonchev–Trinajstić information content (AvgIpc) is 2.43. The molecule has 0 aliphatic heterocycles. The molecule has 112 valence electrons. The van der Waals surface area contributed by atoms with E-state index < -0.39 is 24.8 Å². The van der Waals surface area contributed by atoms with Gasteiger partial charge in [0.1, 0.15) is 5.15 Å². The predicted molar refractivity (Wildman–Crippen MR) is 70.0 cm³/mol. The van der Waals surface area contributed by atoms with E-state index in [1.54, 1.807) is 29.6 Å². The van der Waals surface area contributed by atoms with Crippen LogP contribution >= 0.6 is 11.6 Å². The number of amides is 1. The second-order valence-corrected chi connectivity index (χ2v) is 4.64. The van der Waals surface area contributed by atoms with Gasteiger partial charge in [0.2, 0.25) is 0 Å². The third-order valence-corrected chi connectivity index (χ3v) is 2.93. The minimum absolute atomic E-state index is 0.000491. The Morgan fingerprint density at radius 1 is 1.33 bits per heavy atom. The van der Waals surface area contributed by atoms with Gasteiger partial charge >= 0.3 is 12.3 Å². The van der Waals surface area contributed by atoms with Gasteiger partial charge in [-0.05, 0) is 12.1 Å². The maximum Gasteiger partial charge on any atom is 0.324 e. The van der Waals surface area contributed by atoms with Crippen molar-refractivity contribution in [2.24, 2.45) is 0 Å². The number of benzene rings is 1. The fourth-order valence-corrected chi connectivity index (χ4v) is 1.90. The Morgan fingerprint density at radius 3 is 2.67 bits per heavy atom. The standard InChI is InChI=1S/C13H9ClF4N2O/c14-10-5-8(7-3-1-2-4-9(7)20-10)11(21)19-6-13(17,18)12(15)16/h1-5,12H,6H2,(H,19,21). The number of nitrogens with one attached hydrogen (secondary N) is 1. The smallest absolute Gasteiger partial charge is 0.324 e. The summed E-state index contributed by atoms with van der Waals surface area (Å²) in [7, 11) is 0. The number of halogens is 5. The molecule has 0 radical (unpaired) electrons.